The summed E-state index contributed by atoms with van der Waals surface area (Å²) in [7, 11) is 0. The number of aliphatic hydroxyl groups is 1. The second-order valence-corrected chi connectivity index (χ2v) is 9.73. The van der Waals surface area contributed by atoms with Gasteiger partial charge in [-0.3, -0.25) is 14.4 Å². The molecule has 206 valence electrons. The topological polar surface area (TPSA) is 169 Å². The van der Waals surface area contributed by atoms with E-state index in [0.29, 0.717) is 17.9 Å². The molecule has 0 radical (unpaired) electrons. The first-order valence-corrected chi connectivity index (χ1v) is 12.1. The molecule has 6 N–H and O–H groups in total. The Bertz CT molecular complexity index is 1080. The summed E-state index contributed by atoms with van der Waals surface area (Å²) in [5.41, 5.74) is 6.23. The van der Waals surface area contributed by atoms with Gasteiger partial charge in [-0.1, -0.05) is 42.5 Å². The van der Waals surface area contributed by atoms with Crippen LogP contribution in [-0.2, 0) is 32.1 Å². The monoisotopic (exact) mass is 528 g/mol. The smallest absolute Gasteiger partial charge is 0.408 e. The molecule has 0 bridgehead atoms. The maximum Gasteiger partial charge on any atom is 0.408 e. The molecule has 3 atom stereocenters. The molecule has 11 nitrogen and oxygen atoms in total. The summed E-state index contributed by atoms with van der Waals surface area (Å²) in [5, 5.41) is 17.0. The number of ether oxygens (including phenoxy) is 2. The molecule has 11 heteroatoms. The van der Waals surface area contributed by atoms with Crippen molar-refractivity contribution in [2.24, 2.45) is 5.73 Å². The number of alkyl carbamates (subject to hydrolysis) is 1. The number of rotatable bonds is 12. The predicted octanol–water partition coefficient (Wildman–Crippen LogP) is 1.17. The van der Waals surface area contributed by atoms with Crippen molar-refractivity contribution >= 4 is 23.8 Å². The third-order valence-corrected chi connectivity index (χ3v) is 5.14. The fraction of sp³-hybridized carbons (Fsp3) is 0.407. The predicted molar refractivity (Wildman–Crippen MR) is 140 cm³/mol. The maximum absolute atomic E-state index is 13.0. The molecular weight excluding hydrogens is 492 g/mol. The molecule has 2 aromatic rings. The van der Waals surface area contributed by atoms with Crippen molar-refractivity contribution in [3.8, 4) is 5.75 Å². The normalized spacial score (nSPS) is 13.4. The number of carbonyl (C=O) groups is 4. The molecule has 0 aliphatic heterocycles. The molecule has 0 saturated carbocycles. The first-order valence-electron chi connectivity index (χ1n) is 12.1. The van der Waals surface area contributed by atoms with Crippen LogP contribution in [0, 0.1) is 0 Å². The van der Waals surface area contributed by atoms with Crippen molar-refractivity contribution < 1.29 is 33.8 Å². The summed E-state index contributed by atoms with van der Waals surface area (Å²) in [6.07, 6.45) is -1.99. The van der Waals surface area contributed by atoms with Gasteiger partial charge in [-0.2, -0.15) is 0 Å². The average molecular weight is 529 g/mol. The molecule has 0 unspecified atom stereocenters. The van der Waals surface area contributed by atoms with E-state index in [1.165, 1.54) is 6.92 Å². The van der Waals surface area contributed by atoms with Gasteiger partial charge in [-0.15, -0.1) is 0 Å². The van der Waals surface area contributed by atoms with Crippen molar-refractivity contribution in [1.29, 1.82) is 0 Å². The molecule has 0 aromatic heterocycles. The van der Waals surface area contributed by atoms with Crippen molar-refractivity contribution in [1.82, 2.24) is 16.0 Å². The Morgan fingerprint density at radius 1 is 0.947 bits per heavy atom. The summed E-state index contributed by atoms with van der Waals surface area (Å²) in [6, 6.07) is 14.1. The molecule has 0 spiro atoms. The van der Waals surface area contributed by atoms with Gasteiger partial charge in [0.25, 0.3) is 0 Å². The van der Waals surface area contributed by atoms with E-state index >= 15 is 0 Å². The van der Waals surface area contributed by atoms with Gasteiger partial charge in [-0.25, -0.2) is 4.79 Å². The van der Waals surface area contributed by atoms with Crippen LogP contribution in [0.4, 0.5) is 4.79 Å². The number of nitrogens with two attached hydrogens (primary N) is 1. The molecule has 2 rings (SSSR count). The number of nitrogens with one attached hydrogen (secondary N) is 3. The minimum absolute atomic E-state index is 0.0499. The van der Waals surface area contributed by atoms with E-state index in [1.54, 1.807) is 45.0 Å². The van der Waals surface area contributed by atoms with Crippen molar-refractivity contribution in [3.63, 3.8) is 0 Å². The standard InChI is InChI=1S/C27H36N4O7/c1-17(32)23(24(28)34)31-25(35)21(30-22(33)15-29-26(36)38-27(2,3)4)14-18-10-12-20(13-11-18)37-16-19-8-6-5-7-9-19/h5-13,17,21,23,32H,14-16H2,1-4H3,(H2,28,34)(H,29,36)(H,30,33)(H,31,35)/t17-,21-,23+/m0/s1. The number of aliphatic hydroxyl groups excluding tert-OH is 1. The average Bonchev–Trinajstić information content (AvgIpc) is 2.84. The summed E-state index contributed by atoms with van der Waals surface area (Å²) < 4.78 is 10.9. The lowest BCUT2D eigenvalue weighted by molar-refractivity contribution is -0.132. The Labute approximate surface area is 222 Å². The van der Waals surface area contributed by atoms with Gasteiger partial charge < -0.3 is 36.3 Å². The number of amides is 4. The molecule has 0 aliphatic rings. The molecule has 0 fully saturated rings. The molecule has 0 saturated heterocycles. The third kappa shape index (κ3) is 10.9. The SMILES string of the molecule is C[C@H](O)[C@@H](NC(=O)[C@H](Cc1ccc(OCc2ccccc2)cc1)NC(=O)CNC(=O)OC(C)(C)C)C(N)=O. The van der Waals surface area contributed by atoms with E-state index in [-0.39, 0.29) is 6.42 Å². The van der Waals surface area contributed by atoms with Gasteiger partial charge in [0.1, 0.15) is 36.6 Å². The number of benzene rings is 2. The van der Waals surface area contributed by atoms with Gasteiger partial charge in [0, 0.05) is 6.42 Å². The zero-order valence-electron chi connectivity index (χ0n) is 22.0. The number of primary amides is 1. The van der Waals surface area contributed by atoms with Crippen molar-refractivity contribution in [3.05, 3.63) is 65.7 Å². The zero-order valence-corrected chi connectivity index (χ0v) is 22.0. The van der Waals surface area contributed by atoms with Crippen LogP contribution in [0.25, 0.3) is 0 Å². The highest BCUT2D eigenvalue weighted by Crippen LogP contribution is 2.16. The lowest BCUT2D eigenvalue weighted by Gasteiger charge is -2.24. The van der Waals surface area contributed by atoms with Crippen LogP contribution < -0.4 is 26.4 Å². The summed E-state index contributed by atoms with van der Waals surface area (Å²) in [5.74, 6) is -1.70. The summed E-state index contributed by atoms with van der Waals surface area (Å²) >= 11 is 0. The Morgan fingerprint density at radius 3 is 2.13 bits per heavy atom. The van der Waals surface area contributed by atoms with Crippen molar-refractivity contribution in [2.75, 3.05) is 6.54 Å². The lowest BCUT2D eigenvalue weighted by atomic mass is 10.0. The largest absolute Gasteiger partial charge is 0.489 e. The van der Waals surface area contributed by atoms with Gasteiger partial charge >= 0.3 is 6.09 Å². The molecule has 4 amide bonds. The van der Waals surface area contributed by atoms with E-state index in [1.807, 2.05) is 30.3 Å². The van der Waals surface area contributed by atoms with Crippen molar-refractivity contribution in [2.45, 2.75) is 64.5 Å². The van der Waals surface area contributed by atoms with Crippen LogP contribution >= 0.6 is 0 Å². The van der Waals surface area contributed by atoms with Crippen LogP contribution in [0.5, 0.6) is 5.75 Å². The summed E-state index contributed by atoms with van der Waals surface area (Å²) in [4.78, 5) is 49.0. The fourth-order valence-corrected chi connectivity index (χ4v) is 3.30. The quantitative estimate of drug-likeness (QED) is 0.275. The number of carbonyl (C=O) groups excluding carboxylic acids is 4. The molecule has 2 aromatic carbocycles. The van der Waals surface area contributed by atoms with E-state index in [9.17, 15) is 24.3 Å². The van der Waals surface area contributed by atoms with E-state index < -0.39 is 54.1 Å². The van der Waals surface area contributed by atoms with Crippen LogP contribution in [-0.4, -0.2) is 59.3 Å². The highest BCUT2D eigenvalue weighted by molar-refractivity contribution is 5.92. The molecule has 0 aliphatic carbocycles. The van der Waals surface area contributed by atoms with Crippen LogP contribution in [0.2, 0.25) is 0 Å². The Hall–Kier alpha value is -4.12. The lowest BCUT2D eigenvalue weighted by Crippen LogP contribution is -2.57. The molecule has 38 heavy (non-hydrogen) atoms. The highest BCUT2D eigenvalue weighted by atomic mass is 16.6. The van der Waals surface area contributed by atoms with Gasteiger partial charge in [0.2, 0.25) is 17.7 Å². The Morgan fingerprint density at radius 2 is 1.58 bits per heavy atom. The Kier molecular flexibility index (Phi) is 11.1. The summed E-state index contributed by atoms with van der Waals surface area (Å²) in [6.45, 7) is 6.30. The van der Waals surface area contributed by atoms with Gasteiger partial charge in [-0.05, 0) is 51.0 Å². The number of hydrogen-bond acceptors (Lipinski definition) is 7. The first kappa shape index (κ1) is 30.1. The highest BCUT2D eigenvalue weighted by Gasteiger charge is 2.29. The maximum atomic E-state index is 13.0. The van der Waals surface area contributed by atoms with Gasteiger partial charge in [0.15, 0.2) is 0 Å². The second kappa shape index (κ2) is 14.0. The van der Waals surface area contributed by atoms with Crippen LogP contribution in [0.3, 0.4) is 0 Å². The minimum Gasteiger partial charge on any atom is -0.489 e. The first-order chi connectivity index (χ1) is 17.8. The molecule has 0 heterocycles. The molecular formula is C27H36N4O7. The third-order valence-electron chi connectivity index (χ3n) is 5.14. The van der Waals surface area contributed by atoms with E-state index in [4.69, 9.17) is 15.2 Å². The minimum atomic E-state index is -1.35. The van der Waals surface area contributed by atoms with E-state index in [0.717, 1.165) is 5.56 Å². The number of hydrogen-bond donors (Lipinski definition) is 5. The van der Waals surface area contributed by atoms with Crippen LogP contribution in [0.1, 0.15) is 38.8 Å². The second-order valence-electron chi connectivity index (χ2n) is 9.73. The van der Waals surface area contributed by atoms with Gasteiger partial charge in [0.05, 0.1) is 6.10 Å². The Balaban J connectivity index is 2.07. The van der Waals surface area contributed by atoms with E-state index in [2.05, 4.69) is 16.0 Å². The van der Waals surface area contributed by atoms with Crippen LogP contribution in [0.15, 0.2) is 54.6 Å². The fourth-order valence-electron chi connectivity index (χ4n) is 3.30. The zero-order chi connectivity index (χ0) is 28.3.